The molecule has 2 radical (unpaired) electrons. The van der Waals surface area contributed by atoms with Crippen LogP contribution in [0.3, 0.4) is 0 Å². The molecule has 1 aromatic heterocycles. The highest BCUT2D eigenvalue weighted by Gasteiger charge is 2.56. The molecular weight excluding hydrogens is 463 g/mol. The maximum absolute atomic E-state index is 14.0. The van der Waals surface area contributed by atoms with Crippen molar-refractivity contribution < 1.29 is 14.4 Å². The fourth-order valence-corrected chi connectivity index (χ4v) is 5.55. The molecule has 186 valence electrons. The number of H-pyrrole nitrogens is 1. The number of para-hydroxylation sites is 1. The van der Waals surface area contributed by atoms with Gasteiger partial charge in [0.15, 0.2) is 0 Å². The number of fused-ring (bicyclic) bond motifs is 3. The minimum atomic E-state index is -0.925. The summed E-state index contributed by atoms with van der Waals surface area (Å²) in [7, 11) is 6.30. The van der Waals surface area contributed by atoms with Gasteiger partial charge in [0.2, 0.25) is 11.8 Å². The molecule has 3 heterocycles. The van der Waals surface area contributed by atoms with Crippen LogP contribution in [0.2, 0.25) is 5.31 Å². The lowest BCUT2D eigenvalue weighted by atomic mass is 9.68. The van der Waals surface area contributed by atoms with Gasteiger partial charge in [0.05, 0.1) is 19.3 Å². The number of carbonyl (C=O) groups is 3. The van der Waals surface area contributed by atoms with Crippen LogP contribution in [-0.4, -0.2) is 54.1 Å². The molecule has 1 fully saturated rings. The second-order valence-corrected chi connectivity index (χ2v) is 10.9. The van der Waals surface area contributed by atoms with E-state index < -0.39 is 28.7 Å². The molecule has 1 spiro atoms. The smallest absolute Gasteiger partial charge is 0.268 e. The number of aromatic amines is 1. The number of carbonyl (C=O) groups excluding carboxylic acids is 3. The first kappa shape index (κ1) is 24.7. The number of nitrogens with one attached hydrogen (secondary N) is 3. The maximum Gasteiger partial charge on any atom is 0.268 e. The number of hydrogen-bond donors (Lipinski definition) is 3. The van der Waals surface area contributed by atoms with Crippen LogP contribution in [-0.2, 0) is 15.0 Å². The van der Waals surface area contributed by atoms with Crippen molar-refractivity contribution in [2.75, 3.05) is 11.9 Å². The molecule has 5 rings (SSSR count). The number of aromatic nitrogens is 1. The Kier molecular flexibility index (Phi) is 5.90. The lowest BCUT2D eigenvalue weighted by Crippen LogP contribution is -2.51. The summed E-state index contributed by atoms with van der Waals surface area (Å²) in [6.07, 6.45) is 6.37. The maximum atomic E-state index is 14.0. The fraction of sp³-hybridized carbons (Fsp3) is 0.345. The Morgan fingerprint density at radius 2 is 2.03 bits per heavy atom. The molecule has 2 aliphatic heterocycles. The van der Waals surface area contributed by atoms with E-state index in [2.05, 4.69) is 21.5 Å². The molecule has 0 saturated carbocycles. The van der Waals surface area contributed by atoms with Crippen LogP contribution in [0.25, 0.3) is 10.9 Å². The SMILES string of the molecule is [B]C(C)(C)CC(NC(=O)c1cc2ccc(C)cc2[nH]1)C(=O)N1C[C@]2(CC1C#C)C(=O)Nc1ccccc12. The Bertz CT molecular complexity index is 1460. The first-order valence-corrected chi connectivity index (χ1v) is 12.4. The van der Waals surface area contributed by atoms with E-state index in [4.69, 9.17) is 14.3 Å². The third kappa shape index (κ3) is 4.39. The van der Waals surface area contributed by atoms with Gasteiger partial charge in [-0.1, -0.05) is 55.4 Å². The largest absolute Gasteiger partial charge is 0.351 e. The minimum Gasteiger partial charge on any atom is -0.351 e. The molecule has 2 aromatic carbocycles. The van der Waals surface area contributed by atoms with Crippen LogP contribution in [0.1, 0.15) is 48.3 Å². The van der Waals surface area contributed by atoms with Crippen LogP contribution < -0.4 is 10.6 Å². The van der Waals surface area contributed by atoms with E-state index in [1.165, 1.54) is 0 Å². The Morgan fingerprint density at radius 1 is 1.27 bits per heavy atom. The normalized spacial score (nSPS) is 21.5. The predicted octanol–water partition coefficient (Wildman–Crippen LogP) is 3.46. The second-order valence-electron chi connectivity index (χ2n) is 10.9. The summed E-state index contributed by atoms with van der Waals surface area (Å²) in [6.45, 7) is 5.71. The van der Waals surface area contributed by atoms with E-state index in [1.807, 2.05) is 49.4 Å². The van der Waals surface area contributed by atoms with E-state index in [0.29, 0.717) is 12.1 Å². The molecule has 2 aliphatic rings. The number of hydrogen-bond acceptors (Lipinski definition) is 3. The average Bonchev–Trinajstić information content (AvgIpc) is 3.51. The van der Waals surface area contributed by atoms with Gasteiger partial charge in [-0.05, 0) is 49.1 Å². The number of terminal acetylenes is 1. The zero-order chi connectivity index (χ0) is 26.5. The summed E-state index contributed by atoms with van der Waals surface area (Å²) in [4.78, 5) is 45.1. The molecule has 3 N–H and O–H groups in total. The number of aryl methyl sites for hydroxylation is 1. The average molecular weight is 492 g/mol. The van der Waals surface area contributed by atoms with Crippen LogP contribution in [0.5, 0.6) is 0 Å². The quantitative estimate of drug-likeness (QED) is 0.376. The summed E-state index contributed by atoms with van der Waals surface area (Å²) < 4.78 is 0. The van der Waals surface area contributed by atoms with Crippen molar-refractivity contribution in [1.29, 1.82) is 0 Å². The van der Waals surface area contributed by atoms with Crippen LogP contribution in [0.15, 0.2) is 48.5 Å². The van der Waals surface area contributed by atoms with Gasteiger partial charge in [-0.3, -0.25) is 14.4 Å². The molecule has 1 saturated heterocycles. The Hall–Kier alpha value is -3.99. The van der Waals surface area contributed by atoms with Crippen molar-refractivity contribution in [2.24, 2.45) is 0 Å². The topological polar surface area (TPSA) is 94.3 Å². The Balaban J connectivity index is 1.44. The van der Waals surface area contributed by atoms with Crippen molar-refractivity contribution in [3.63, 3.8) is 0 Å². The van der Waals surface area contributed by atoms with Gasteiger partial charge in [0.25, 0.3) is 5.91 Å². The summed E-state index contributed by atoms with van der Waals surface area (Å²) in [5.41, 5.74) is 2.91. The van der Waals surface area contributed by atoms with Gasteiger partial charge >= 0.3 is 0 Å². The minimum absolute atomic E-state index is 0.132. The van der Waals surface area contributed by atoms with Crippen molar-refractivity contribution in [1.82, 2.24) is 15.2 Å². The van der Waals surface area contributed by atoms with E-state index in [9.17, 15) is 14.4 Å². The van der Waals surface area contributed by atoms with Crippen molar-refractivity contribution in [3.8, 4) is 12.3 Å². The Labute approximate surface area is 217 Å². The van der Waals surface area contributed by atoms with Crippen LogP contribution in [0.4, 0.5) is 5.69 Å². The van der Waals surface area contributed by atoms with Crippen molar-refractivity contribution >= 4 is 42.2 Å². The molecule has 3 amide bonds. The lowest BCUT2D eigenvalue weighted by Gasteiger charge is -2.31. The van der Waals surface area contributed by atoms with Crippen molar-refractivity contribution in [2.45, 2.75) is 56.4 Å². The van der Waals surface area contributed by atoms with Gasteiger partial charge in [-0.15, -0.1) is 6.42 Å². The number of nitrogens with zero attached hydrogens (tertiary/aromatic N) is 1. The van der Waals surface area contributed by atoms with Crippen LogP contribution >= 0.6 is 0 Å². The molecule has 37 heavy (non-hydrogen) atoms. The predicted molar refractivity (Wildman–Crippen MR) is 144 cm³/mol. The van der Waals surface area contributed by atoms with E-state index in [-0.39, 0.29) is 24.8 Å². The van der Waals surface area contributed by atoms with Gasteiger partial charge in [-0.25, -0.2) is 0 Å². The zero-order valence-corrected chi connectivity index (χ0v) is 21.2. The molecule has 0 aliphatic carbocycles. The summed E-state index contributed by atoms with van der Waals surface area (Å²) >= 11 is 0. The fourth-order valence-electron chi connectivity index (χ4n) is 5.55. The van der Waals surface area contributed by atoms with Gasteiger partial charge in [0.1, 0.15) is 11.7 Å². The highest BCUT2D eigenvalue weighted by atomic mass is 16.2. The second kappa shape index (κ2) is 8.84. The Morgan fingerprint density at radius 3 is 2.76 bits per heavy atom. The molecule has 3 atom stereocenters. The highest BCUT2D eigenvalue weighted by molar-refractivity contribution is 6.15. The highest BCUT2D eigenvalue weighted by Crippen LogP contribution is 2.46. The third-order valence-corrected chi connectivity index (χ3v) is 7.32. The number of rotatable bonds is 5. The molecule has 7 nitrogen and oxygen atoms in total. The number of likely N-dealkylation sites (tertiary alicyclic amines) is 1. The van der Waals surface area contributed by atoms with Gasteiger partial charge in [0, 0.05) is 23.1 Å². The first-order valence-electron chi connectivity index (χ1n) is 12.4. The third-order valence-electron chi connectivity index (χ3n) is 7.32. The number of benzene rings is 2. The molecule has 0 bridgehead atoms. The van der Waals surface area contributed by atoms with Crippen molar-refractivity contribution in [3.05, 3.63) is 65.4 Å². The molecular formula is C29H29BN4O3. The number of anilines is 1. The number of amides is 3. The standard InChI is InChI=1S/C29H29BN4O3/c1-5-19-14-29(20-8-6-7-9-21(20)33-27(29)37)16-34(19)26(36)24(15-28(3,4)30)32-25(35)23-13-18-11-10-17(2)12-22(18)31-23/h1,6-13,19,24,31H,14-16H2,2-4H3,(H,32,35)(H,33,37)/t19?,24?,29-/m0/s1. The van der Waals surface area contributed by atoms with Crippen LogP contribution in [0, 0.1) is 19.3 Å². The van der Waals surface area contributed by atoms with Gasteiger partial charge < -0.3 is 20.5 Å². The van der Waals surface area contributed by atoms with E-state index in [0.717, 1.165) is 27.7 Å². The molecule has 3 aromatic rings. The van der Waals surface area contributed by atoms with E-state index >= 15 is 0 Å². The van der Waals surface area contributed by atoms with E-state index in [1.54, 1.807) is 24.8 Å². The summed E-state index contributed by atoms with van der Waals surface area (Å²) in [5.74, 6) is 1.77. The summed E-state index contributed by atoms with van der Waals surface area (Å²) in [6, 6.07) is 13.6. The van der Waals surface area contributed by atoms with Gasteiger partial charge in [-0.2, -0.15) is 0 Å². The molecule has 8 heteroatoms. The zero-order valence-electron chi connectivity index (χ0n) is 21.2. The first-order chi connectivity index (χ1) is 17.5. The molecule has 2 unspecified atom stereocenters. The summed E-state index contributed by atoms with van der Waals surface area (Å²) in [5, 5.41) is 5.97. The lowest BCUT2D eigenvalue weighted by molar-refractivity contribution is -0.134. The monoisotopic (exact) mass is 492 g/mol.